The molecule has 1 saturated heterocycles. The monoisotopic (exact) mass is 331 g/mol. The van der Waals surface area contributed by atoms with Gasteiger partial charge in [-0.3, -0.25) is 0 Å². The highest BCUT2D eigenvalue weighted by molar-refractivity contribution is 7.88. The van der Waals surface area contributed by atoms with E-state index in [-0.39, 0.29) is 24.9 Å². The molecule has 0 N–H and O–H groups in total. The Labute approximate surface area is 131 Å². The number of methoxy groups -OCH3 is 1. The average molecular weight is 331 g/mol. The predicted octanol–water partition coefficient (Wildman–Crippen LogP) is 1.78. The van der Waals surface area contributed by atoms with Gasteiger partial charge in [-0.1, -0.05) is 12.1 Å². The second kappa shape index (κ2) is 6.62. The number of sulfonamides is 1. The lowest BCUT2D eigenvalue weighted by atomic mass is 10.1. The van der Waals surface area contributed by atoms with E-state index in [9.17, 15) is 12.8 Å². The Bertz CT molecular complexity index is 618. The van der Waals surface area contributed by atoms with Crippen LogP contribution in [0, 0.1) is 5.82 Å². The van der Waals surface area contributed by atoms with E-state index < -0.39 is 21.4 Å². The van der Waals surface area contributed by atoms with Crippen molar-refractivity contribution in [2.45, 2.75) is 31.3 Å². The first kappa shape index (κ1) is 17.3. The van der Waals surface area contributed by atoms with E-state index in [2.05, 4.69) is 0 Å². The highest BCUT2D eigenvalue weighted by Crippen LogP contribution is 2.25. The molecule has 1 atom stereocenters. The Kier molecular flexibility index (Phi) is 5.21. The largest absolute Gasteiger partial charge is 0.382 e. The van der Waals surface area contributed by atoms with E-state index in [4.69, 9.17) is 9.47 Å². The topological polar surface area (TPSA) is 55.8 Å². The summed E-state index contributed by atoms with van der Waals surface area (Å²) >= 11 is 0. The van der Waals surface area contributed by atoms with Gasteiger partial charge in [-0.2, -0.15) is 4.31 Å². The van der Waals surface area contributed by atoms with Gasteiger partial charge in [0.15, 0.2) is 0 Å². The molecular formula is C15H22FNO4S. The van der Waals surface area contributed by atoms with Crippen LogP contribution < -0.4 is 0 Å². The number of rotatable bonds is 5. The molecule has 0 spiro atoms. The van der Waals surface area contributed by atoms with Gasteiger partial charge in [-0.25, -0.2) is 12.8 Å². The van der Waals surface area contributed by atoms with Gasteiger partial charge in [0.25, 0.3) is 0 Å². The third-order valence-corrected chi connectivity index (χ3v) is 5.20. The van der Waals surface area contributed by atoms with Crippen molar-refractivity contribution >= 4 is 10.0 Å². The molecule has 1 aromatic rings. The zero-order valence-electron chi connectivity index (χ0n) is 13.1. The van der Waals surface area contributed by atoms with Gasteiger partial charge in [0.2, 0.25) is 10.0 Å². The van der Waals surface area contributed by atoms with E-state index in [0.717, 1.165) is 0 Å². The summed E-state index contributed by atoms with van der Waals surface area (Å²) in [5.41, 5.74) is -0.149. The molecule has 124 valence electrons. The Morgan fingerprint density at radius 3 is 2.82 bits per heavy atom. The number of halogens is 1. The minimum absolute atomic E-state index is 0.222. The van der Waals surface area contributed by atoms with Gasteiger partial charge >= 0.3 is 0 Å². The third kappa shape index (κ3) is 4.49. The summed E-state index contributed by atoms with van der Waals surface area (Å²) in [7, 11) is -1.99. The number of morpholine rings is 1. The fraction of sp³-hybridized carbons (Fsp3) is 0.600. The van der Waals surface area contributed by atoms with Crippen LogP contribution in [-0.4, -0.2) is 51.2 Å². The van der Waals surface area contributed by atoms with Crippen molar-refractivity contribution in [2.75, 3.05) is 26.8 Å². The van der Waals surface area contributed by atoms with Crippen molar-refractivity contribution in [1.29, 1.82) is 0 Å². The molecule has 1 heterocycles. The summed E-state index contributed by atoms with van der Waals surface area (Å²) < 4.78 is 50.7. The molecule has 1 fully saturated rings. The summed E-state index contributed by atoms with van der Waals surface area (Å²) in [6, 6.07) is 5.66. The standard InChI is InChI=1S/C15H22FNO4S/c1-15(2)11-17(8-14(21-15)9-20-3)22(18,19)10-12-5-4-6-13(16)7-12/h4-7,14H,8-11H2,1-3H3/t14-/m1/s1. The SMILES string of the molecule is COC[C@H]1CN(S(=O)(=O)Cc2cccc(F)c2)CC(C)(C)O1. The molecule has 0 radical (unpaired) electrons. The van der Waals surface area contributed by atoms with Gasteiger partial charge in [0, 0.05) is 20.2 Å². The molecule has 0 amide bonds. The van der Waals surface area contributed by atoms with Crippen molar-refractivity contribution in [3.8, 4) is 0 Å². The average Bonchev–Trinajstić information content (AvgIpc) is 2.36. The minimum Gasteiger partial charge on any atom is -0.382 e. The number of hydrogen-bond acceptors (Lipinski definition) is 4. The lowest BCUT2D eigenvalue weighted by Crippen LogP contribution is -2.55. The molecule has 0 bridgehead atoms. The molecule has 1 aliphatic rings. The zero-order chi connectivity index (χ0) is 16.4. The van der Waals surface area contributed by atoms with Crippen LogP contribution in [0.4, 0.5) is 4.39 Å². The molecular weight excluding hydrogens is 309 g/mol. The molecule has 0 aromatic heterocycles. The molecule has 0 aliphatic carbocycles. The first-order valence-corrected chi connectivity index (χ1v) is 8.72. The van der Waals surface area contributed by atoms with Gasteiger partial charge in [0.1, 0.15) is 5.82 Å². The van der Waals surface area contributed by atoms with Crippen LogP contribution in [0.3, 0.4) is 0 Å². The highest BCUT2D eigenvalue weighted by atomic mass is 32.2. The second-order valence-electron chi connectivity index (χ2n) is 6.13. The van der Waals surface area contributed by atoms with Crippen molar-refractivity contribution < 1.29 is 22.3 Å². The molecule has 0 unspecified atom stereocenters. The Morgan fingerprint density at radius 1 is 1.45 bits per heavy atom. The lowest BCUT2D eigenvalue weighted by molar-refractivity contribution is -0.135. The van der Waals surface area contributed by atoms with Crippen molar-refractivity contribution in [3.63, 3.8) is 0 Å². The van der Waals surface area contributed by atoms with E-state index in [1.165, 1.54) is 22.5 Å². The quantitative estimate of drug-likeness (QED) is 0.825. The molecule has 22 heavy (non-hydrogen) atoms. The fourth-order valence-electron chi connectivity index (χ4n) is 2.66. The van der Waals surface area contributed by atoms with Gasteiger partial charge in [-0.05, 0) is 31.5 Å². The summed E-state index contributed by atoms with van der Waals surface area (Å²) in [5.74, 6) is -0.659. The fourth-order valence-corrected chi connectivity index (χ4v) is 4.34. The summed E-state index contributed by atoms with van der Waals surface area (Å²) in [4.78, 5) is 0. The molecule has 1 aromatic carbocycles. The molecule has 1 aliphatic heterocycles. The van der Waals surface area contributed by atoms with Crippen LogP contribution in [0.25, 0.3) is 0 Å². The van der Waals surface area contributed by atoms with Crippen LogP contribution >= 0.6 is 0 Å². The molecule has 7 heteroatoms. The van der Waals surface area contributed by atoms with E-state index in [1.54, 1.807) is 13.2 Å². The number of hydrogen-bond donors (Lipinski definition) is 0. The first-order chi connectivity index (χ1) is 10.2. The van der Waals surface area contributed by atoms with Crippen molar-refractivity contribution in [1.82, 2.24) is 4.31 Å². The summed E-state index contributed by atoms with van der Waals surface area (Å²) in [5, 5.41) is 0. The molecule has 5 nitrogen and oxygen atoms in total. The minimum atomic E-state index is -3.54. The van der Waals surface area contributed by atoms with Crippen LogP contribution in [0.15, 0.2) is 24.3 Å². The third-order valence-electron chi connectivity index (χ3n) is 3.43. The lowest BCUT2D eigenvalue weighted by Gasteiger charge is -2.41. The van der Waals surface area contributed by atoms with Gasteiger partial charge < -0.3 is 9.47 Å². The first-order valence-electron chi connectivity index (χ1n) is 7.11. The number of ether oxygens (including phenoxy) is 2. The maximum absolute atomic E-state index is 13.2. The normalized spacial score (nSPS) is 22.6. The smallest absolute Gasteiger partial charge is 0.218 e. The van der Waals surface area contributed by atoms with E-state index in [0.29, 0.717) is 12.2 Å². The van der Waals surface area contributed by atoms with Gasteiger partial charge in [-0.15, -0.1) is 0 Å². The highest BCUT2D eigenvalue weighted by Gasteiger charge is 2.38. The van der Waals surface area contributed by atoms with E-state index in [1.807, 2.05) is 13.8 Å². The maximum atomic E-state index is 13.2. The summed E-state index contributed by atoms with van der Waals surface area (Å²) in [6.45, 7) is 4.54. The van der Waals surface area contributed by atoms with Crippen LogP contribution in [0.5, 0.6) is 0 Å². The Balaban J connectivity index is 2.16. The number of nitrogens with zero attached hydrogens (tertiary/aromatic N) is 1. The van der Waals surface area contributed by atoms with Gasteiger partial charge in [0.05, 0.1) is 24.1 Å². The molecule has 0 saturated carbocycles. The van der Waals surface area contributed by atoms with Crippen LogP contribution in [0.1, 0.15) is 19.4 Å². The van der Waals surface area contributed by atoms with E-state index >= 15 is 0 Å². The molecule has 2 rings (SSSR count). The van der Waals surface area contributed by atoms with Crippen LogP contribution in [-0.2, 0) is 25.2 Å². The predicted molar refractivity (Wildman–Crippen MR) is 81.4 cm³/mol. The van der Waals surface area contributed by atoms with Crippen molar-refractivity contribution in [2.24, 2.45) is 0 Å². The second-order valence-corrected chi connectivity index (χ2v) is 8.10. The Hall–Kier alpha value is -1.02. The maximum Gasteiger partial charge on any atom is 0.218 e. The Morgan fingerprint density at radius 2 is 2.18 bits per heavy atom. The summed E-state index contributed by atoms with van der Waals surface area (Å²) in [6.07, 6.45) is -0.309. The zero-order valence-corrected chi connectivity index (χ0v) is 13.9. The van der Waals surface area contributed by atoms with Crippen LogP contribution in [0.2, 0.25) is 0 Å². The van der Waals surface area contributed by atoms with Crippen molar-refractivity contribution in [3.05, 3.63) is 35.6 Å². The number of benzene rings is 1.